The Balaban J connectivity index is 1.89. The van der Waals surface area contributed by atoms with Gasteiger partial charge in [0.15, 0.2) is 0 Å². The Morgan fingerprint density at radius 3 is 2.54 bits per heavy atom. The maximum atomic E-state index is 12.8. The van der Waals surface area contributed by atoms with Crippen molar-refractivity contribution in [3.05, 3.63) is 64.4 Å². The molecule has 24 heavy (non-hydrogen) atoms. The third-order valence-electron chi connectivity index (χ3n) is 3.23. The van der Waals surface area contributed by atoms with Gasteiger partial charge in [0.1, 0.15) is 5.82 Å². The van der Waals surface area contributed by atoms with Gasteiger partial charge in [-0.1, -0.05) is 23.7 Å². The summed E-state index contributed by atoms with van der Waals surface area (Å²) >= 11 is 6.03. The first-order valence-corrected chi connectivity index (χ1v) is 7.50. The van der Waals surface area contributed by atoms with Gasteiger partial charge in [0.25, 0.3) is 0 Å². The van der Waals surface area contributed by atoms with E-state index in [1.165, 1.54) is 31.4 Å². The summed E-state index contributed by atoms with van der Waals surface area (Å²) in [5, 5.41) is 5.95. The zero-order chi connectivity index (χ0) is 17.5. The normalized spacial score (nSPS) is 10.1. The number of methoxy groups -OCH3 is 1. The number of benzene rings is 2. The molecule has 0 atom stereocenters. The summed E-state index contributed by atoms with van der Waals surface area (Å²) in [5.74, 6) is -1.08. The Morgan fingerprint density at radius 2 is 1.88 bits per heavy atom. The van der Waals surface area contributed by atoms with Gasteiger partial charge >= 0.3 is 5.97 Å². The van der Waals surface area contributed by atoms with Gasteiger partial charge in [0, 0.05) is 6.54 Å². The number of anilines is 1. The van der Waals surface area contributed by atoms with Crippen molar-refractivity contribution in [1.82, 2.24) is 5.32 Å². The van der Waals surface area contributed by atoms with Crippen LogP contribution in [0.4, 0.5) is 10.1 Å². The van der Waals surface area contributed by atoms with E-state index < -0.39 is 5.97 Å². The first kappa shape index (κ1) is 17.7. The molecule has 0 saturated heterocycles. The molecule has 0 aliphatic carbocycles. The van der Waals surface area contributed by atoms with Crippen molar-refractivity contribution >= 4 is 29.2 Å². The maximum absolute atomic E-state index is 12.8. The lowest BCUT2D eigenvalue weighted by Gasteiger charge is -2.10. The number of ether oxygens (including phenoxy) is 1. The molecule has 0 aliphatic heterocycles. The van der Waals surface area contributed by atoms with E-state index in [0.717, 1.165) is 5.56 Å². The highest BCUT2D eigenvalue weighted by molar-refractivity contribution is 6.33. The van der Waals surface area contributed by atoms with Crippen molar-refractivity contribution in [2.45, 2.75) is 6.54 Å². The van der Waals surface area contributed by atoms with E-state index in [1.807, 2.05) is 0 Å². The van der Waals surface area contributed by atoms with Crippen LogP contribution in [0.2, 0.25) is 5.02 Å². The fourth-order valence-corrected chi connectivity index (χ4v) is 2.13. The lowest BCUT2D eigenvalue weighted by molar-refractivity contribution is -0.119. The SMILES string of the molecule is COC(=O)c1ccc(Cl)c(NCC(=O)NCc2ccc(F)cc2)c1. The number of carbonyl (C=O) groups is 2. The number of esters is 1. The van der Waals surface area contributed by atoms with E-state index in [0.29, 0.717) is 16.3 Å². The topological polar surface area (TPSA) is 67.4 Å². The van der Waals surface area contributed by atoms with Gasteiger partial charge in [-0.15, -0.1) is 0 Å². The second-order valence-electron chi connectivity index (χ2n) is 4.94. The van der Waals surface area contributed by atoms with Crippen molar-refractivity contribution < 1.29 is 18.7 Å². The number of rotatable bonds is 6. The van der Waals surface area contributed by atoms with Crippen LogP contribution in [0.25, 0.3) is 0 Å². The fourth-order valence-electron chi connectivity index (χ4n) is 1.95. The number of halogens is 2. The highest BCUT2D eigenvalue weighted by atomic mass is 35.5. The third kappa shape index (κ3) is 4.96. The van der Waals surface area contributed by atoms with Gasteiger partial charge in [-0.2, -0.15) is 0 Å². The molecule has 0 bridgehead atoms. The van der Waals surface area contributed by atoms with Gasteiger partial charge in [0.05, 0.1) is 29.9 Å². The minimum Gasteiger partial charge on any atom is -0.465 e. The molecule has 5 nitrogen and oxygen atoms in total. The molecule has 7 heteroatoms. The maximum Gasteiger partial charge on any atom is 0.337 e. The molecular weight excluding hydrogens is 335 g/mol. The van der Waals surface area contributed by atoms with Crippen LogP contribution in [-0.4, -0.2) is 25.5 Å². The highest BCUT2D eigenvalue weighted by Gasteiger charge is 2.10. The molecule has 0 unspecified atom stereocenters. The van der Waals surface area contributed by atoms with Crippen LogP contribution in [-0.2, 0) is 16.1 Å². The summed E-state index contributed by atoms with van der Waals surface area (Å²) in [6.45, 7) is 0.266. The van der Waals surface area contributed by atoms with Crippen molar-refractivity contribution in [3.63, 3.8) is 0 Å². The van der Waals surface area contributed by atoms with E-state index in [2.05, 4.69) is 15.4 Å². The number of nitrogens with one attached hydrogen (secondary N) is 2. The predicted octanol–water partition coefficient (Wildman–Crippen LogP) is 2.99. The van der Waals surface area contributed by atoms with Crippen LogP contribution in [0.1, 0.15) is 15.9 Å². The smallest absolute Gasteiger partial charge is 0.337 e. The Kier molecular flexibility index (Phi) is 6.14. The molecule has 0 radical (unpaired) electrons. The fraction of sp³-hybridized carbons (Fsp3) is 0.176. The molecule has 0 aliphatic rings. The monoisotopic (exact) mass is 350 g/mol. The minimum absolute atomic E-state index is 0.0223. The second kappa shape index (κ2) is 8.31. The molecule has 2 rings (SSSR count). The second-order valence-corrected chi connectivity index (χ2v) is 5.35. The van der Waals surface area contributed by atoms with E-state index >= 15 is 0 Å². The highest BCUT2D eigenvalue weighted by Crippen LogP contribution is 2.23. The van der Waals surface area contributed by atoms with Crippen LogP contribution in [0.5, 0.6) is 0 Å². The summed E-state index contributed by atoms with van der Waals surface area (Å²) in [6.07, 6.45) is 0. The number of hydrogen-bond donors (Lipinski definition) is 2. The van der Waals surface area contributed by atoms with E-state index in [9.17, 15) is 14.0 Å². The van der Waals surface area contributed by atoms with E-state index in [-0.39, 0.29) is 24.8 Å². The summed E-state index contributed by atoms with van der Waals surface area (Å²) in [4.78, 5) is 23.4. The number of hydrogen-bond acceptors (Lipinski definition) is 4. The predicted molar refractivity (Wildman–Crippen MR) is 89.5 cm³/mol. The largest absolute Gasteiger partial charge is 0.465 e. The average Bonchev–Trinajstić information content (AvgIpc) is 2.59. The summed E-state index contributed by atoms with van der Waals surface area (Å²) in [7, 11) is 1.28. The zero-order valence-electron chi connectivity index (χ0n) is 12.9. The van der Waals surface area contributed by atoms with Crippen molar-refractivity contribution in [2.75, 3.05) is 19.0 Å². The Bertz CT molecular complexity index is 735. The Morgan fingerprint density at radius 1 is 1.17 bits per heavy atom. The van der Waals surface area contributed by atoms with Crippen LogP contribution < -0.4 is 10.6 Å². The summed E-state index contributed by atoms with van der Waals surface area (Å²) in [6, 6.07) is 10.5. The van der Waals surface area contributed by atoms with Crippen LogP contribution in [0.15, 0.2) is 42.5 Å². The average molecular weight is 351 g/mol. The first-order chi connectivity index (χ1) is 11.5. The number of amides is 1. The molecule has 2 aromatic rings. The van der Waals surface area contributed by atoms with Gasteiger partial charge in [-0.3, -0.25) is 4.79 Å². The molecule has 0 aromatic heterocycles. The quantitative estimate of drug-likeness (QED) is 0.786. The molecule has 0 fully saturated rings. The first-order valence-electron chi connectivity index (χ1n) is 7.12. The van der Waals surface area contributed by atoms with Crippen molar-refractivity contribution in [2.24, 2.45) is 0 Å². The lowest BCUT2D eigenvalue weighted by Crippen LogP contribution is -2.29. The van der Waals surface area contributed by atoms with Gasteiger partial charge < -0.3 is 15.4 Å². The molecule has 2 N–H and O–H groups in total. The Labute approximate surface area is 143 Å². The van der Waals surface area contributed by atoms with Crippen LogP contribution >= 0.6 is 11.6 Å². The summed E-state index contributed by atoms with van der Waals surface area (Å²) in [5.41, 5.74) is 1.57. The summed E-state index contributed by atoms with van der Waals surface area (Å²) < 4.78 is 17.4. The standard InChI is InChI=1S/C17H16ClFN2O3/c1-24-17(23)12-4-7-14(18)15(8-12)20-10-16(22)21-9-11-2-5-13(19)6-3-11/h2-8,20H,9-10H2,1H3,(H,21,22). The molecule has 2 aromatic carbocycles. The zero-order valence-corrected chi connectivity index (χ0v) is 13.7. The van der Waals surface area contributed by atoms with Crippen molar-refractivity contribution in [1.29, 1.82) is 0 Å². The molecule has 0 saturated carbocycles. The minimum atomic E-state index is -0.490. The third-order valence-corrected chi connectivity index (χ3v) is 3.56. The van der Waals surface area contributed by atoms with Crippen molar-refractivity contribution in [3.8, 4) is 0 Å². The van der Waals surface area contributed by atoms with E-state index in [4.69, 9.17) is 11.6 Å². The number of carbonyl (C=O) groups excluding carboxylic acids is 2. The molecule has 126 valence electrons. The van der Waals surface area contributed by atoms with Crippen LogP contribution in [0, 0.1) is 5.82 Å². The molecular formula is C17H16ClFN2O3. The van der Waals surface area contributed by atoms with Crippen LogP contribution in [0.3, 0.4) is 0 Å². The van der Waals surface area contributed by atoms with Gasteiger partial charge in [-0.25, -0.2) is 9.18 Å². The molecule has 0 spiro atoms. The lowest BCUT2D eigenvalue weighted by atomic mass is 10.2. The molecule has 1 amide bonds. The van der Waals surface area contributed by atoms with Gasteiger partial charge in [0.2, 0.25) is 5.91 Å². The molecule has 0 heterocycles. The van der Waals surface area contributed by atoms with E-state index in [1.54, 1.807) is 18.2 Å². The van der Waals surface area contributed by atoms with Gasteiger partial charge in [-0.05, 0) is 35.9 Å². The Hall–Kier alpha value is -2.60.